The molecule has 1 aromatic rings. The highest BCUT2D eigenvalue weighted by Crippen LogP contribution is 2.30. The second-order valence-electron chi connectivity index (χ2n) is 6.13. The van der Waals surface area contributed by atoms with E-state index in [1.807, 2.05) is 43.0 Å². The molecule has 0 unspecified atom stereocenters. The van der Waals surface area contributed by atoms with E-state index in [0.717, 1.165) is 24.1 Å². The van der Waals surface area contributed by atoms with Crippen molar-refractivity contribution >= 4 is 11.6 Å². The molecule has 1 aliphatic carbocycles. The topological polar surface area (TPSA) is 55.6 Å². The molecule has 20 heavy (non-hydrogen) atoms. The van der Waals surface area contributed by atoms with Crippen LogP contribution < -0.4 is 5.73 Å². The molecule has 0 heterocycles. The number of hydrogen-bond acceptors (Lipinski definition) is 3. The van der Waals surface area contributed by atoms with Crippen LogP contribution >= 0.6 is 0 Å². The van der Waals surface area contributed by atoms with Crippen molar-refractivity contribution in [2.45, 2.75) is 51.3 Å². The molecule has 4 heteroatoms. The first-order valence-electron chi connectivity index (χ1n) is 7.10. The van der Waals surface area contributed by atoms with Crippen molar-refractivity contribution in [1.82, 2.24) is 4.90 Å². The van der Waals surface area contributed by atoms with Gasteiger partial charge in [0.05, 0.1) is 12.0 Å². The van der Waals surface area contributed by atoms with Gasteiger partial charge >= 0.3 is 0 Å². The minimum Gasteiger partial charge on any atom is -0.399 e. The zero-order chi connectivity index (χ0) is 14.8. The lowest BCUT2D eigenvalue weighted by molar-refractivity contribution is -0.137. The van der Waals surface area contributed by atoms with E-state index in [1.165, 1.54) is 0 Å². The van der Waals surface area contributed by atoms with Gasteiger partial charge in [0.2, 0.25) is 5.91 Å². The molecular formula is C16H24N2O2. The van der Waals surface area contributed by atoms with Crippen LogP contribution in [0.1, 0.15) is 38.7 Å². The number of carbonyl (C=O) groups is 1. The maximum Gasteiger partial charge on any atom is 0.226 e. The Bertz CT molecular complexity index is 464. The molecule has 1 saturated carbocycles. The van der Waals surface area contributed by atoms with Gasteiger partial charge < -0.3 is 15.4 Å². The predicted octanol–water partition coefficient (Wildman–Crippen LogP) is 2.57. The van der Waals surface area contributed by atoms with Gasteiger partial charge in [-0.2, -0.15) is 0 Å². The van der Waals surface area contributed by atoms with Gasteiger partial charge in [-0.15, -0.1) is 0 Å². The number of benzene rings is 1. The SMILES string of the molecule is COC(C)(C)CC(=O)N(Cc1ccc(N)cc1)C1CC1. The third-order valence-electron chi connectivity index (χ3n) is 3.77. The summed E-state index contributed by atoms with van der Waals surface area (Å²) in [5.74, 6) is 0.163. The number of carbonyl (C=O) groups excluding carboxylic acids is 1. The lowest BCUT2D eigenvalue weighted by Gasteiger charge is -2.28. The Morgan fingerprint density at radius 3 is 2.45 bits per heavy atom. The summed E-state index contributed by atoms with van der Waals surface area (Å²) in [4.78, 5) is 14.5. The van der Waals surface area contributed by atoms with Crippen molar-refractivity contribution in [3.05, 3.63) is 29.8 Å². The molecule has 110 valence electrons. The summed E-state index contributed by atoms with van der Waals surface area (Å²) in [5, 5.41) is 0. The number of nitrogen functional groups attached to an aromatic ring is 1. The third kappa shape index (κ3) is 3.97. The van der Waals surface area contributed by atoms with E-state index >= 15 is 0 Å². The van der Waals surface area contributed by atoms with E-state index in [-0.39, 0.29) is 5.91 Å². The quantitative estimate of drug-likeness (QED) is 0.812. The fraction of sp³-hybridized carbons (Fsp3) is 0.562. The van der Waals surface area contributed by atoms with Gasteiger partial charge in [-0.05, 0) is 44.4 Å². The molecule has 1 aliphatic rings. The van der Waals surface area contributed by atoms with Crippen molar-refractivity contribution in [2.24, 2.45) is 0 Å². The number of amides is 1. The van der Waals surface area contributed by atoms with Gasteiger partial charge in [0.15, 0.2) is 0 Å². The van der Waals surface area contributed by atoms with Crippen LogP contribution in [-0.4, -0.2) is 29.6 Å². The number of anilines is 1. The highest BCUT2D eigenvalue weighted by atomic mass is 16.5. The summed E-state index contributed by atoms with van der Waals surface area (Å²) in [5.41, 5.74) is 7.15. The lowest BCUT2D eigenvalue weighted by atomic mass is 10.0. The first-order chi connectivity index (χ1) is 9.41. The third-order valence-corrected chi connectivity index (χ3v) is 3.77. The Morgan fingerprint density at radius 2 is 1.95 bits per heavy atom. The summed E-state index contributed by atoms with van der Waals surface area (Å²) < 4.78 is 5.36. The summed E-state index contributed by atoms with van der Waals surface area (Å²) in [6.45, 7) is 4.54. The molecule has 1 amide bonds. The maximum absolute atomic E-state index is 12.5. The van der Waals surface area contributed by atoms with Crippen LogP contribution in [0.15, 0.2) is 24.3 Å². The maximum atomic E-state index is 12.5. The van der Waals surface area contributed by atoms with E-state index in [2.05, 4.69) is 0 Å². The van der Waals surface area contributed by atoms with Crippen molar-refractivity contribution < 1.29 is 9.53 Å². The number of methoxy groups -OCH3 is 1. The first-order valence-corrected chi connectivity index (χ1v) is 7.10. The van der Waals surface area contributed by atoms with E-state index in [0.29, 0.717) is 19.0 Å². The number of ether oxygens (including phenoxy) is 1. The zero-order valence-electron chi connectivity index (χ0n) is 12.6. The summed E-state index contributed by atoms with van der Waals surface area (Å²) >= 11 is 0. The molecule has 0 aliphatic heterocycles. The van der Waals surface area contributed by atoms with E-state index in [4.69, 9.17) is 10.5 Å². The second-order valence-corrected chi connectivity index (χ2v) is 6.13. The van der Waals surface area contributed by atoms with Crippen LogP contribution in [-0.2, 0) is 16.1 Å². The van der Waals surface area contributed by atoms with Crippen molar-refractivity contribution in [3.63, 3.8) is 0 Å². The molecule has 1 fully saturated rings. The van der Waals surface area contributed by atoms with Gasteiger partial charge in [-0.1, -0.05) is 12.1 Å². The molecule has 4 nitrogen and oxygen atoms in total. The molecule has 0 atom stereocenters. The highest BCUT2D eigenvalue weighted by molar-refractivity contribution is 5.78. The van der Waals surface area contributed by atoms with Crippen LogP contribution in [0.4, 0.5) is 5.69 Å². The van der Waals surface area contributed by atoms with Gasteiger partial charge in [-0.3, -0.25) is 4.79 Å². The van der Waals surface area contributed by atoms with Crippen LogP contribution in [0.5, 0.6) is 0 Å². The molecule has 1 aromatic carbocycles. The minimum absolute atomic E-state index is 0.163. The fourth-order valence-electron chi connectivity index (χ4n) is 2.16. The minimum atomic E-state index is -0.411. The van der Waals surface area contributed by atoms with Crippen LogP contribution in [0.2, 0.25) is 0 Å². The van der Waals surface area contributed by atoms with Gasteiger partial charge in [0, 0.05) is 25.4 Å². The molecular weight excluding hydrogens is 252 g/mol. The molecule has 2 rings (SSSR count). The van der Waals surface area contributed by atoms with E-state index < -0.39 is 5.60 Å². The van der Waals surface area contributed by atoms with Crippen LogP contribution in [0.25, 0.3) is 0 Å². The summed E-state index contributed by atoms with van der Waals surface area (Å²) in [6.07, 6.45) is 2.62. The van der Waals surface area contributed by atoms with Gasteiger partial charge in [0.1, 0.15) is 0 Å². The lowest BCUT2D eigenvalue weighted by Crippen LogP contribution is -2.38. The normalized spacial score (nSPS) is 15.2. The number of nitrogens with two attached hydrogens (primary N) is 1. The molecule has 0 saturated heterocycles. The molecule has 0 bridgehead atoms. The van der Waals surface area contributed by atoms with Crippen molar-refractivity contribution in [1.29, 1.82) is 0 Å². The van der Waals surface area contributed by atoms with Gasteiger partial charge in [-0.25, -0.2) is 0 Å². The Labute approximate surface area is 120 Å². The number of rotatable bonds is 6. The number of nitrogens with zero attached hydrogens (tertiary/aromatic N) is 1. The first kappa shape index (κ1) is 14.9. The van der Waals surface area contributed by atoms with E-state index in [1.54, 1.807) is 7.11 Å². The fourth-order valence-corrected chi connectivity index (χ4v) is 2.16. The largest absolute Gasteiger partial charge is 0.399 e. The number of hydrogen-bond donors (Lipinski definition) is 1. The predicted molar refractivity (Wildman–Crippen MR) is 80.1 cm³/mol. The van der Waals surface area contributed by atoms with Crippen molar-refractivity contribution in [3.8, 4) is 0 Å². The standard InChI is InChI=1S/C16H24N2O2/c1-16(2,20-3)10-15(19)18(14-8-9-14)11-12-4-6-13(17)7-5-12/h4-7,14H,8-11,17H2,1-3H3. The average molecular weight is 276 g/mol. The Morgan fingerprint density at radius 1 is 1.35 bits per heavy atom. The summed E-state index contributed by atoms with van der Waals surface area (Å²) in [7, 11) is 1.65. The van der Waals surface area contributed by atoms with Crippen molar-refractivity contribution in [2.75, 3.05) is 12.8 Å². The van der Waals surface area contributed by atoms with Crippen LogP contribution in [0.3, 0.4) is 0 Å². The second kappa shape index (κ2) is 5.83. The summed E-state index contributed by atoms with van der Waals surface area (Å²) in [6, 6.07) is 8.13. The molecule has 0 aromatic heterocycles. The van der Waals surface area contributed by atoms with Gasteiger partial charge in [0.25, 0.3) is 0 Å². The Balaban J connectivity index is 2.03. The monoisotopic (exact) mass is 276 g/mol. The average Bonchev–Trinajstić information content (AvgIpc) is 3.21. The Kier molecular flexibility index (Phi) is 4.33. The van der Waals surface area contributed by atoms with Crippen LogP contribution in [0, 0.1) is 0 Å². The zero-order valence-corrected chi connectivity index (χ0v) is 12.6. The van der Waals surface area contributed by atoms with E-state index in [9.17, 15) is 4.79 Å². The highest BCUT2D eigenvalue weighted by Gasteiger charge is 2.34. The molecule has 0 spiro atoms. The smallest absolute Gasteiger partial charge is 0.226 e. The Hall–Kier alpha value is -1.55. The molecule has 0 radical (unpaired) electrons. The molecule has 2 N–H and O–H groups in total.